The molecule has 1 unspecified atom stereocenters. The fourth-order valence-corrected chi connectivity index (χ4v) is 3.03. The number of benzene rings is 1. The summed E-state index contributed by atoms with van der Waals surface area (Å²) in [5.41, 5.74) is 0. The molecule has 1 aromatic carbocycles. The Morgan fingerprint density at radius 3 is 2.95 bits per heavy atom. The van der Waals surface area contributed by atoms with Gasteiger partial charge in [-0.25, -0.2) is 0 Å². The molecule has 1 N–H and O–H groups in total. The number of hydrogen-bond acceptors (Lipinski definition) is 4. The van der Waals surface area contributed by atoms with Gasteiger partial charge in [-0.1, -0.05) is 18.2 Å². The number of ether oxygens (including phenoxy) is 1. The van der Waals surface area contributed by atoms with E-state index in [-0.39, 0.29) is 12.0 Å². The molecule has 2 rings (SSSR count). The van der Waals surface area contributed by atoms with Crippen molar-refractivity contribution in [1.82, 2.24) is 5.32 Å². The molecule has 0 aliphatic rings. The van der Waals surface area contributed by atoms with Crippen molar-refractivity contribution in [3.05, 3.63) is 35.2 Å². The van der Waals surface area contributed by atoms with Gasteiger partial charge in [-0.15, -0.1) is 11.3 Å². The van der Waals surface area contributed by atoms with Gasteiger partial charge in [-0.2, -0.15) is 0 Å². The summed E-state index contributed by atoms with van der Waals surface area (Å²) in [5, 5.41) is 4.64. The van der Waals surface area contributed by atoms with Gasteiger partial charge in [0, 0.05) is 22.2 Å². The Hall–Kier alpha value is -1.39. The molecule has 102 valence electrons. The summed E-state index contributed by atoms with van der Waals surface area (Å²) in [6, 6.07) is 10.8. The van der Waals surface area contributed by atoms with Crippen LogP contribution in [0.15, 0.2) is 30.3 Å². The zero-order valence-corrected chi connectivity index (χ0v) is 12.1. The zero-order chi connectivity index (χ0) is 13.7. The molecule has 2 aromatic rings. The van der Waals surface area contributed by atoms with Crippen LogP contribution in [0.25, 0.3) is 10.1 Å². The van der Waals surface area contributed by atoms with Gasteiger partial charge < -0.3 is 10.1 Å². The number of nitrogens with one attached hydrogen (secondary N) is 1. The lowest BCUT2D eigenvalue weighted by Crippen LogP contribution is -2.22. The second-order valence-electron chi connectivity index (χ2n) is 4.42. The quantitative estimate of drug-likeness (QED) is 0.821. The monoisotopic (exact) mass is 277 g/mol. The maximum atomic E-state index is 11.2. The van der Waals surface area contributed by atoms with Gasteiger partial charge in [0.25, 0.3) is 0 Å². The highest BCUT2D eigenvalue weighted by Crippen LogP contribution is 2.29. The third-order valence-electron chi connectivity index (χ3n) is 2.96. The SMILES string of the molecule is CCOC(=O)CCNC(C)c1cc2ccccc2s1. The highest BCUT2D eigenvalue weighted by Gasteiger charge is 2.09. The summed E-state index contributed by atoms with van der Waals surface area (Å²) >= 11 is 1.80. The minimum atomic E-state index is -0.140. The van der Waals surface area contributed by atoms with Gasteiger partial charge in [0.1, 0.15) is 0 Å². The van der Waals surface area contributed by atoms with E-state index in [1.54, 1.807) is 11.3 Å². The summed E-state index contributed by atoms with van der Waals surface area (Å²) in [4.78, 5) is 12.5. The standard InChI is InChI=1S/C15H19NO2S/c1-3-18-15(17)8-9-16-11(2)14-10-12-6-4-5-7-13(12)19-14/h4-7,10-11,16H,3,8-9H2,1-2H3. The number of rotatable bonds is 6. The molecule has 1 atom stereocenters. The molecular formula is C15H19NO2S. The Bertz CT molecular complexity index is 517. The summed E-state index contributed by atoms with van der Waals surface area (Å²) in [6.07, 6.45) is 0.420. The maximum absolute atomic E-state index is 11.2. The van der Waals surface area contributed by atoms with Crippen molar-refractivity contribution >= 4 is 27.4 Å². The van der Waals surface area contributed by atoms with Crippen molar-refractivity contribution in [3.8, 4) is 0 Å². The van der Waals surface area contributed by atoms with Crippen LogP contribution in [0.4, 0.5) is 0 Å². The lowest BCUT2D eigenvalue weighted by atomic mass is 10.2. The number of esters is 1. The van der Waals surface area contributed by atoms with Gasteiger partial charge in [0.05, 0.1) is 13.0 Å². The van der Waals surface area contributed by atoms with Crippen molar-refractivity contribution in [3.63, 3.8) is 0 Å². The number of hydrogen-bond donors (Lipinski definition) is 1. The van der Waals surface area contributed by atoms with E-state index < -0.39 is 0 Å². The Balaban J connectivity index is 1.89. The lowest BCUT2D eigenvalue weighted by Gasteiger charge is -2.11. The summed E-state index contributed by atoms with van der Waals surface area (Å²) in [6.45, 7) is 5.04. The van der Waals surface area contributed by atoms with E-state index in [1.807, 2.05) is 6.92 Å². The molecule has 0 saturated carbocycles. The van der Waals surface area contributed by atoms with Crippen molar-refractivity contribution in [2.45, 2.75) is 26.3 Å². The van der Waals surface area contributed by atoms with Crippen molar-refractivity contribution in [2.24, 2.45) is 0 Å². The number of thiophene rings is 1. The van der Waals surface area contributed by atoms with Crippen LogP contribution < -0.4 is 5.32 Å². The van der Waals surface area contributed by atoms with Crippen LogP contribution in [0, 0.1) is 0 Å². The lowest BCUT2D eigenvalue weighted by molar-refractivity contribution is -0.142. The van der Waals surface area contributed by atoms with Crippen molar-refractivity contribution in [2.75, 3.05) is 13.2 Å². The molecule has 4 heteroatoms. The summed E-state index contributed by atoms with van der Waals surface area (Å²) < 4.78 is 6.20. The van der Waals surface area contributed by atoms with Gasteiger partial charge >= 0.3 is 5.97 Å². The van der Waals surface area contributed by atoms with Crippen LogP contribution >= 0.6 is 11.3 Å². The van der Waals surface area contributed by atoms with Gasteiger partial charge in [-0.3, -0.25) is 4.79 Å². The number of carbonyl (C=O) groups excluding carboxylic acids is 1. The molecular weight excluding hydrogens is 258 g/mol. The van der Waals surface area contributed by atoms with E-state index in [1.165, 1.54) is 15.0 Å². The van der Waals surface area contributed by atoms with Crippen molar-refractivity contribution in [1.29, 1.82) is 0 Å². The van der Waals surface area contributed by atoms with E-state index in [0.717, 1.165) is 0 Å². The van der Waals surface area contributed by atoms with E-state index in [9.17, 15) is 4.79 Å². The van der Waals surface area contributed by atoms with Gasteiger partial charge in [0.15, 0.2) is 0 Å². The van der Waals surface area contributed by atoms with Crippen LogP contribution in [-0.2, 0) is 9.53 Å². The molecule has 0 radical (unpaired) electrons. The first-order chi connectivity index (χ1) is 9.20. The van der Waals surface area contributed by atoms with Gasteiger partial charge in [0.2, 0.25) is 0 Å². The Kier molecular flexibility index (Phi) is 4.93. The molecule has 0 aliphatic heterocycles. The van der Waals surface area contributed by atoms with Crippen LogP contribution in [-0.4, -0.2) is 19.1 Å². The molecule has 0 fully saturated rings. The molecule has 1 aromatic heterocycles. The van der Waals surface area contributed by atoms with Gasteiger partial charge in [-0.05, 0) is 31.4 Å². The Morgan fingerprint density at radius 2 is 2.21 bits per heavy atom. The van der Waals surface area contributed by atoms with E-state index >= 15 is 0 Å². The Labute approximate surface area is 117 Å². The molecule has 0 aliphatic carbocycles. The predicted molar refractivity (Wildman–Crippen MR) is 79.5 cm³/mol. The van der Waals surface area contributed by atoms with Crippen molar-refractivity contribution < 1.29 is 9.53 Å². The highest BCUT2D eigenvalue weighted by molar-refractivity contribution is 7.19. The summed E-state index contributed by atoms with van der Waals surface area (Å²) in [7, 11) is 0. The van der Waals surface area contributed by atoms with Crippen LogP contribution in [0.2, 0.25) is 0 Å². The topological polar surface area (TPSA) is 38.3 Å². The molecule has 0 bridgehead atoms. The summed E-state index contributed by atoms with van der Waals surface area (Å²) in [5.74, 6) is -0.140. The fourth-order valence-electron chi connectivity index (χ4n) is 1.94. The first-order valence-electron chi connectivity index (χ1n) is 6.58. The van der Waals surface area contributed by atoms with E-state index in [0.29, 0.717) is 19.6 Å². The van der Waals surface area contributed by atoms with E-state index in [4.69, 9.17) is 4.74 Å². The number of carbonyl (C=O) groups is 1. The average molecular weight is 277 g/mol. The Morgan fingerprint density at radius 1 is 1.42 bits per heavy atom. The third-order valence-corrected chi connectivity index (χ3v) is 4.26. The van der Waals surface area contributed by atoms with E-state index in [2.05, 4.69) is 42.6 Å². The highest BCUT2D eigenvalue weighted by atomic mass is 32.1. The number of fused-ring (bicyclic) bond motifs is 1. The molecule has 0 spiro atoms. The van der Waals surface area contributed by atoms with Crippen LogP contribution in [0.1, 0.15) is 31.2 Å². The van der Waals surface area contributed by atoms with Crippen LogP contribution in [0.3, 0.4) is 0 Å². The van der Waals surface area contributed by atoms with Crippen LogP contribution in [0.5, 0.6) is 0 Å². The fraction of sp³-hybridized carbons (Fsp3) is 0.400. The minimum Gasteiger partial charge on any atom is -0.466 e. The smallest absolute Gasteiger partial charge is 0.307 e. The first-order valence-corrected chi connectivity index (χ1v) is 7.40. The largest absolute Gasteiger partial charge is 0.466 e. The third kappa shape index (κ3) is 3.78. The molecule has 0 amide bonds. The molecule has 1 heterocycles. The first kappa shape index (κ1) is 14.0. The molecule has 0 saturated heterocycles. The second kappa shape index (κ2) is 6.68. The zero-order valence-electron chi connectivity index (χ0n) is 11.3. The molecule has 3 nitrogen and oxygen atoms in total. The second-order valence-corrected chi connectivity index (χ2v) is 5.53. The molecule has 19 heavy (non-hydrogen) atoms. The minimum absolute atomic E-state index is 0.140. The maximum Gasteiger partial charge on any atom is 0.307 e. The average Bonchev–Trinajstić information content (AvgIpc) is 2.82. The predicted octanol–water partition coefficient (Wildman–Crippen LogP) is 3.51. The normalized spacial score (nSPS) is 12.5.